The second-order valence-electron chi connectivity index (χ2n) is 6.14. The van der Waals surface area contributed by atoms with E-state index in [2.05, 4.69) is 32.4 Å². The third kappa shape index (κ3) is 4.88. The van der Waals surface area contributed by atoms with Crippen LogP contribution in [-0.4, -0.2) is 63.5 Å². The fourth-order valence-electron chi connectivity index (χ4n) is 3.28. The number of hydrogen-bond donors (Lipinski definition) is 1. The third-order valence-electron chi connectivity index (χ3n) is 4.51. The van der Waals surface area contributed by atoms with Crippen LogP contribution in [-0.2, 0) is 13.1 Å². The lowest BCUT2D eigenvalue weighted by Gasteiger charge is -2.41. The van der Waals surface area contributed by atoms with Crippen molar-refractivity contribution in [3.05, 3.63) is 40.8 Å². The zero-order chi connectivity index (χ0) is 15.9. The molecule has 1 fully saturated rings. The molecule has 1 N–H and O–H groups in total. The van der Waals surface area contributed by atoms with Crippen LogP contribution in [0.1, 0.15) is 17.7 Å². The predicted molar refractivity (Wildman–Crippen MR) is 93.5 cm³/mol. The molecule has 0 radical (unpaired) electrons. The lowest BCUT2D eigenvalue weighted by molar-refractivity contribution is 0.0532. The number of rotatable bonds is 8. The first kappa shape index (κ1) is 16.6. The lowest BCUT2D eigenvalue weighted by Crippen LogP contribution is -2.53. The highest BCUT2D eigenvalue weighted by Gasteiger charge is 2.26. The normalized spacial score (nSPS) is 20.1. The summed E-state index contributed by atoms with van der Waals surface area (Å²) < 4.78 is 2.00. The zero-order valence-electron chi connectivity index (χ0n) is 13.5. The van der Waals surface area contributed by atoms with Crippen molar-refractivity contribution in [1.29, 1.82) is 0 Å². The predicted octanol–water partition coefficient (Wildman–Crippen LogP) is 1.90. The summed E-state index contributed by atoms with van der Waals surface area (Å²) in [5, 5.41) is 15.8. The molecule has 5 nitrogen and oxygen atoms in total. The fraction of sp³-hybridized carbons (Fsp3) is 0.588. The summed E-state index contributed by atoms with van der Waals surface area (Å²) in [6.07, 6.45) is 5.84. The van der Waals surface area contributed by atoms with E-state index in [9.17, 15) is 5.11 Å². The quantitative estimate of drug-likeness (QED) is 0.801. The Bertz CT molecular complexity index is 543. The molecule has 1 saturated heterocycles. The van der Waals surface area contributed by atoms with Crippen molar-refractivity contribution < 1.29 is 5.11 Å². The Morgan fingerprint density at radius 3 is 2.96 bits per heavy atom. The Labute approximate surface area is 142 Å². The van der Waals surface area contributed by atoms with Crippen LogP contribution in [0, 0.1) is 0 Å². The van der Waals surface area contributed by atoms with Crippen LogP contribution in [0.4, 0.5) is 0 Å². The van der Waals surface area contributed by atoms with Gasteiger partial charge in [-0.2, -0.15) is 5.10 Å². The minimum atomic E-state index is 0.271. The Kier molecular flexibility index (Phi) is 6.21. The number of aliphatic hydroxyl groups excluding tert-OH is 1. The van der Waals surface area contributed by atoms with E-state index < -0.39 is 0 Å². The van der Waals surface area contributed by atoms with Crippen LogP contribution in [0.3, 0.4) is 0 Å². The van der Waals surface area contributed by atoms with Crippen molar-refractivity contribution in [2.45, 2.75) is 32.0 Å². The van der Waals surface area contributed by atoms with Gasteiger partial charge in [-0.3, -0.25) is 9.58 Å². The second-order valence-corrected chi connectivity index (χ2v) is 7.17. The maximum Gasteiger partial charge on any atom is 0.0489 e. The molecule has 0 saturated carbocycles. The van der Waals surface area contributed by atoms with Crippen molar-refractivity contribution in [2.24, 2.45) is 0 Å². The van der Waals surface area contributed by atoms with E-state index in [-0.39, 0.29) is 6.61 Å². The Hall–Kier alpha value is -1.21. The molecule has 0 unspecified atom stereocenters. The largest absolute Gasteiger partial charge is 0.396 e. The van der Waals surface area contributed by atoms with Crippen molar-refractivity contribution >= 4 is 11.3 Å². The van der Waals surface area contributed by atoms with E-state index >= 15 is 0 Å². The first-order valence-electron chi connectivity index (χ1n) is 8.42. The second kappa shape index (κ2) is 8.59. The minimum absolute atomic E-state index is 0.271. The van der Waals surface area contributed by atoms with E-state index in [1.165, 1.54) is 4.88 Å². The van der Waals surface area contributed by atoms with Crippen molar-refractivity contribution in [3.8, 4) is 0 Å². The Balaban J connectivity index is 1.47. The average Bonchev–Trinajstić information content (AvgIpc) is 3.24. The first-order chi connectivity index (χ1) is 11.3. The molecule has 0 aliphatic carbocycles. The molecule has 3 rings (SSSR count). The number of thiophene rings is 1. The fourth-order valence-corrected chi connectivity index (χ4v) is 4.01. The van der Waals surface area contributed by atoms with Gasteiger partial charge in [-0.05, 0) is 30.4 Å². The minimum Gasteiger partial charge on any atom is -0.396 e. The van der Waals surface area contributed by atoms with E-state index in [4.69, 9.17) is 0 Å². The topological polar surface area (TPSA) is 44.5 Å². The van der Waals surface area contributed by atoms with Crippen molar-refractivity contribution in [1.82, 2.24) is 19.6 Å². The summed E-state index contributed by atoms with van der Waals surface area (Å²) in [5.74, 6) is 0. The highest BCUT2D eigenvalue weighted by molar-refractivity contribution is 7.09. The number of aryl methyl sites for hydroxylation is 1. The molecule has 1 aliphatic heterocycles. The van der Waals surface area contributed by atoms with E-state index in [0.29, 0.717) is 6.04 Å². The molecule has 0 aromatic carbocycles. The van der Waals surface area contributed by atoms with Crippen molar-refractivity contribution in [2.75, 3.05) is 32.8 Å². The molecule has 0 amide bonds. The molecular weight excluding hydrogens is 308 g/mol. The van der Waals surface area contributed by atoms with Gasteiger partial charge in [0.05, 0.1) is 0 Å². The summed E-state index contributed by atoms with van der Waals surface area (Å²) >= 11 is 1.82. The van der Waals surface area contributed by atoms with Gasteiger partial charge in [0.2, 0.25) is 0 Å². The molecule has 2 aromatic rings. The van der Waals surface area contributed by atoms with Gasteiger partial charge in [0.15, 0.2) is 0 Å². The smallest absolute Gasteiger partial charge is 0.0489 e. The monoisotopic (exact) mass is 334 g/mol. The Morgan fingerprint density at radius 1 is 1.26 bits per heavy atom. The van der Waals surface area contributed by atoms with E-state index in [1.807, 2.05) is 34.5 Å². The summed E-state index contributed by atoms with van der Waals surface area (Å²) in [4.78, 5) is 6.49. The summed E-state index contributed by atoms with van der Waals surface area (Å²) in [6, 6.07) is 6.75. The van der Waals surface area contributed by atoms with Gasteiger partial charge in [0, 0.05) is 69.2 Å². The molecule has 23 heavy (non-hydrogen) atoms. The van der Waals surface area contributed by atoms with Crippen LogP contribution in [0.25, 0.3) is 0 Å². The Morgan fingerprint density at radius 2 is 2.22 bits per heavy atom. The molecule has 126 valence electrons. The van der Waals surface area contributed by atoms with Crippen LogP contribution in [0.2, 0.25) is 0 Å². The number of aromatic nitrogens is 2. The standard InChI is InChI=1S/C17H26N4OS/c22-12-5-16-14-19(7-3-9-21-8-2-6-18-21)10-11-20(16)15-17-4-1-13-23-17/h1-2,4,6,8,13,16,22H,3,5,7,9-12,14-15H2/t16-/m1/s1. The van der Waals surface area contributed by atoms with E-state index in [1.54, 1.807) is 0 Å². The van der Waals surface area contributed by atoms with E-state index in [0.717, 1.165) is 52.1 Å². The average molecular weight is 334 g/mol. The van der Waals surface area contributed by atoms with Gasteiger partial charge in [-0.1, -0.05) is 6.07 Å². The zero-order valence-corrected chi connectivity index (χ0v) is 14.4. The van der Waals surface area contributed by atoms with Gasteiger partial charge >= 0.3 is 0 Å². The van der Waals surface area contributed by atoms with Gasteiger partial charge in [0.1, 0.15) is 0 Å². The summed E-state index contributed by atoms with van der Waals surface area (Å²) in [5.41, 5.74) is 0. The van der Waals surface area contributed by atoms with Gasteiger partial charge < -0.3 is 10.0 Å². The molecule has 0 spiro atoms. The van der Waals surface area contributed by atoms with Crippen LogP contribution >= 0.6 is 11.3 Å². The van der Waals surface area contributed by atoms with Crippen LogP contribution in [0.15, 0.2) is 36.0 Å². The molecule has 6 heteroatoms. The number of hydrogen-bond acceptors (Lipinski definition) is 5. The number of aliphatic hydroxyl groups is 1. The van der Waals surface area contributed by atoms with Crippen LogP contribution < -0.4 is 0 Å². The summed E-state index contributed by atoms with van der Waals surface area (Å²) in [6.45, 7) is 6.64. The van der Waals surface area contributed by atoms with Gasteiger partial charge in [0.25, 0.3) is 0 Å². The highest BCUT2D eigenvalue weighted by atomic mass is 32.1. The van der Waals surface area contributed by atoms with Crippen LogP contribution in [0.5, 0.6) is 0 Å². The maximum atomic E-state index is 9.40. The maximum absolute atomic E-state index is 9.40. The lowest BCUT2D eigenvalue weighted by atomic mass is 10.1. The molecule has 1 atom stereocenters. The molecular formula is C17H26N4OS. The molecule has 2 aromatic heterocycles. The SMILES string of the molecule is OCC[C@@H]1CN(CCCn2cccn2)CCN1Cc1cccs1. The summed E-state index contributed by atoms with van der Waals surface area (Å²) in [7, 11) is 0. The van der Waals surface area contributed by atoms with Gasteiger partial charge in [-0.15, -0.1) is 11.3 Å². The molecule has 1 aliphatic rings. The molecule has 0 bridgehead atoms. The number of piperazine rings is 1. The van der Waals surface area contributed by atoms with Crippen molar-refractivity contribution in [3.63, 3.8) is 0 Å². The highest BCUT2D eigenvalue weighted by Crippen LogP contribution is 2.19. The third-order valence-corrected chi connectivity index (χ3v) is 5.37. The first-order valence-corrected chi connectivity index (χ1v) is 9.30. The van der Waals surface area contributed by atoms with Gasteiger partial charge in [-0.25, -0.2) is 0 Å². The number of nitrogens with zero attached hydrogens (tertiary/aromatic N) is 4. The molecule has 3 heterocycles.